The number of allylic oxidation sites excluding steroid dienone is 1. The van der Waals surface area contributed by atoms with E-state index in [9.17, 15) is 4.79 Å². The number of benzene rings is 1. The van der Waals surface area contributed by atoms with Crippen LogP contribution in [0.5, 0.6) is 11.5 Å². The number of carbonyl (C=O) groups excluding carboxylic acids is 1. The molecule has 0 aliphatic rings. The number of methoxy groups -OCH3 is 1. The Hall–Kier alpha value is -1.97. The van der Waals surface area contributed by atoms with E-state index in [4.69, 9.17) is 14.2 Å². The lowest BCUT2D eigenvalue weighted by Gasteiger charge is -2.10. The molecule has 1 aromatic rings. The van der Waals surface area contributed by atoms with Gasteiger partial charge in [0.2, 0.25) is 0 Å². The van der Waals surface area contributed by atoms with Crippen molar-refractivity contribution in [3.63, 3.8) is 0 Å². The number of ether oxygens (including phenoxy) is 3. The molecule has 0 amide bonds. The lowest BCUT2D eigenvalue weighted by molar-refractivity contribution is -0.145. The predicted octanol–water partition coefficient (Wildman–Crippen LogP) is 2.67. The third-order valence-corrected chi connectivity index (χ3v) is 2.20. The zero-order chi connectivity index (χ0) is 13.4. The highest BCUT2D eigenvalue weighted by molar-refractivity contribution is 5.71. The molecule has 0 spiro atoms. The van der Waals surface area contributed by atoms with Gasteiger partial charge in [0.05, 0.1) is 13.7 Å². The molecule has 18 heavy (non-hydrogen) atoms. The molecule has 0 heterocycles. The molecule has 0 saturated carbocycles. The van der Waals surface area contributed by atoms with E-state index in [1.165, 1.54) is 0 Å². The van der Waals surface area contributed by atoms with Gasteiger partial charge in [-0.05, 0) is 31.5 Å². The number of carbonyl (C=O) groups is 1. The van der Waals surface area contributed by atoms with E-state index < -0.39 is 5.97 Å². The van der Waals surface area contributed by atoms with Gasteiger partial charge in [0.1, 0.15) is 0 Å². The van der Waals surface area contributed by atoms with Gasteiger partial charge in [-0.3, -0.25) is 0 Å². The van der Waals surface area contributed by atoms with Crippen LogP contribution in [0.25, 0.3) is 6.08 Å². The van der Waals surface area contributed by atoms with Crippen molar-refractivity contribution in [2.45, 2.75) is 13.8 Å². The Kier molecular flexibility index (Phi) is 5.77. The highest BCUT2D eigenvalue weighted by Gasteiger charge is 2.08. The first kappa shape index (κ1) is 14.1. The molecule has 0 unspecified atom stereocenters. The molecule has 4 nitrogen and oxygen atoms in total. The van der Waals surface area contributed by atoms with E-state index in [0.29, 0.717) is 18.1 Å². The van der Waals surface area contributed by atoms with Crippen molar-refractivity contribution in [2.75, 3.05) is 20.3 Å². The van der Waals surface area contributed by atoms with E-state index in [2.05, 4.69) is 0 Å². The van der Waals surface area contributed by atoms with Crippen molar-refractivity contribution in [1.82, 2.24) is 0 Å². The lowest BCUT2D eigenvalue weighted by atomic mass is 10.2. The first-order chi connectivity index (χ1) is 8.71. The van der Waals surface area contributed by atoms with Gasteiger partial charge >= 0.3 is 5.97 Å². The molecule has 0 aromatic heterocycles. The standard InChI is InChI=1S/C14H18O4/c1-4-6-11-7-8-12(13(9-11)16-3)18-10-14(15)17-5-2/h4,6-9H,5,10H2,1-3H3/b6-4+. The van der Waals surface area contributed by atoms with Gasteiger partial charge in [-0.15, -0.1) is 0 Å². The van der Waals surface area contributed by atoms with E-state index in [-0.39, 0.29) is 6.61 Å². The van der Waals surface area contributed by atoms with Gasteiger partial charge in [0.15, 0.2) is 18.1 Å². The van der Waals surface area contributed by atoms with Crippen molar-refractivity contribution >= 4 is 12.0 Å². The zero-order valence-corrected chi connectivity index (χ0v) is 10.9. The molecular formula is C14H18O4. The summed E-state index contributed by atoms with van der Waals surface area (Å²) in [6.07, 6.45) is 3.89. The maximum Gasteiger partial charge on any atom is 0.344 e. The minimum absolute atomic E-state index is 0.118. The highest BCUT2D eigenvalue weighted by atomic mass is 16.6. The first-order valence-electron chi connectivity index (χ1n) is 5.80. The summed E-state index contributed by atoms with van der Waals surface area (Å²) in [4.78, 5) is 11.2. The minimum Gasteiger partial charge on any atom is -0.493 e. The fourth-order valence-electron chi connectivity index (χ4n) is 1.44. The van der Waals surface area contributed by atoms with Gasteiger partial charge in [-0.2, -0.15) is 0 Å². The van der Waals surface area contributed by atoms with Gasteiger partial charge < -0.3 is 14.2 Å². The minimum atomic E-state index is -0.392. The normalized spacial score (nSPS) is 10.4. The Morgan fingerprint density at radius 1 is 1.33 bits per heavy atom. The number of esters is 1. The van der Waals surface area contributed by atoms with Crippen molar-refractivity contribution in [3.05, 3.63) is 29.8 Å². The second-order valence-electron chi connectivity index (χ2n) is 3.50. The van der Waals surface area contributed by atoms with E-state index >= 15 is 0 Å². The average molecular weight is 250 g/mol. The average Bonchev–Trinajstić information content (AvgIpc) is 2.37. The topological polar surface area (TPSA) is 44.8 Å². The molecule has 0 radical (unpaired) electrons. The van der Waals surface area contributed by atoms with Crippen molar-refractivity contribution in [1.29, 1.82) is 0 Å². The smallest absolute Gasteiger partial charge is 0.344 e. The molecule has 0 N–H and O–H groups in total. The van der Waals surface area contributed by atoms with Crippen molar-refractivity contribution in [2.24, 2.45) is 0 Å². The molecule has 98 valence electrons. The van der Waals surface area contributed by atoms with Crippen LogP contribution in [0, 0.1) is 0 Å². The Morgan fingerprint density at radius 3 is 2.72 bits per heavy atom. The van der Waals surface area contributed by atoms with E-state index in [0.717, 1.165) is 5.56 Å². The quantitative estimate of drug-likeness (QED) is 0.728. The van der Waals surface area contributed by atoms with Crippen LogP contribution in [0.1, 0.15) is 19.4 Å². The van der Waals surface area contributed by atoms with Crippen LogP contribution in [0.15, 0.2) is 24.3 Å². The van der Waals surface area contributed by atoms with Crippen molar-refractivity contribution in [3.8, 4) is 11.5 Å². The highest BCUT2D eigenvalue weighted by Crippen LogP contribution is 2.28. The van der Waals surface area contributed by atoms with Crippen LogP contribution in [-0.2, 0) is 9.53 Å². The summed E-state index contributed by atoms with van der Waals surface area (Å²) in [5.74, 6) is 0.728. The summed E-state index contributed by atoms with van der Waals surface area (Å²) in [6, 6.07) is 5.51. The molecule has 0 bridgehead atoms. The summed E-state index contributed by atoms with van der Waals surface area (Å²) in [7, 11) is 1.56. The Balaban J connectivity index is 2.73. The molecule has 0 atom stereocenters. The molecule has 0 aliphatic carbocycles. The van der Waals surface area contributed by atoms with Crippen molar-refractivity contribution < 1.29 is 19.0 Å². The molecule has 1 aromatic carbocycles. The van der Waals surface area contributed by atoms with Crippen LogP contribution in [0.2, 0.25) is 0 Å². The number of hydrogen-bond acceptors (Lipinski definition) is 4. The SMILES string of the molecule is C/C=C/c1ccc(OCC(=O)OCC)c(OC)c1. The summed E-state index contributed by atoms with van der Waals surface area (Å²) in [6.45, 7) is 3.93. The molecule has 0 fully saturated rings. The first-order valence-corrected chi connectivity index (χ1v) is 5.80. The Morgan fingerprint density at radius 2 is 2.11 bits per heavy atom. The van der Waals surface area contributed by atoms with Gasteiger partial charge in [0, 0.05) is 0 Å². The summed E-state index contributed by atoms with van der Waals surface area (Å²) >= 11 is 0. The predicted molar refractivity (Wildman–Crippen MR) is 69.8 cm³/mol. The van der Waals surface area contributed by atoms with Crippen LogP contribution >= 0.6 is 0 Å². The maximum absolute atomic E-state index is 11.2. The third-order valence-electron chi connectivity index (χ3n) is 2.20. The monoisotopic (exact) mass is 250 g/mol. The second kappa shape index (κ2) is 7.37. The number of hydrogen-bond donors (Lipinski definition) is 0. The van der Waals surface area contributed by atoms with E-state index in [1.54, 1.807) is 20.1 Å². The zero-order valence-electron chi connectivity index (χ0n) is 10.9. The fraction of sp³-hybridized carbons (Fsp3) is 0.357. The molecule has 0 saturated heterocycles. The molecular weight excluding hydrogens is 232 g/mol. The summed E-state index contributed by atoms with van der Waals surface area (Å²) in [5.41, 5.74) is 1.01. The molecule has 4 heteroatoms. The third kappa shape index (κ3) is 4.13. The van der Waals surface area contributed by atoms with Gasteiger partial charge in [-0.25, -0.2) is 4.79 Å². The maximum atomic E-state index is 11.2. The van der Waals surface area contributed by atoms with Crippen LogP contribution in [-0.4, -0.2) is 26.3 Å². The van der Waals surface area contributed by atoms with Crippen LogP contribution in [0.3, 0.4) is 0 Å². The summed E-state index contributed by atoms with van der Waals surface area (Å²) in [5, 5.41) is 0. The fourth-order valence-corrected chi connectivity index (χ4v) is 1.44. The van der Waals surface area contributed by atoms with Crippen LogP contribution in [0.4, 0.5) is 0 Å². The van der Waals surface area contributed by atoms with Gasteiger partial charge in [-0.1, -0.05) is 18.2 Å². The Labute approximate surface area is 107 Å². The Bertz CT molecular complexity index is 424. The molecule has 0 aliphatic heterocycles. The second-order valence-corrected chi connectivity index (χ2v) is 3.50. The van der Waals surface area contributed by atoms with Gasteiger partial charge in [0.25, 0.3) is 0 Å². The lowest BCUT2D eigenvalue weighted by Crippen LogP contribution is -2.14. The largest absolute Gasteiger partial charge is 0.493 e. The molecule has 1 rings (SSSR count). The number of rotatable bonds is 6. The van der Waals surface area contributed by atoms with E-state index in [1.807, 2.05) is 31.2 Å². The summed E-state index contributed by atoms with van der Waals surface area (Å²) < 4.78 is 15.3. The van der Waals surface area contributed by atoms with Crippen LogP contribution < -0.4 is 9.47 Å².